The third-order valence-corrected chi connectivity index (χ3v) is 8.13. The Balaban J connectivity index is 1.81. The molecule has 1 aromatic carbocycles. The van der Waals surface area contributed by atoms with Crippen LogP contribution in [0.2, 0.25) is 0 Å². The number of benzene rings is 1. The summed E-state index contributed by atoms with van der Waals surface area (Å²) >= 11 is 0. The zero-order valence-corrected chi connectivity index (χ0v) is 21.9. The number of para-hydroxylation sites is 1. The van der Waals surface area contributed by atoms with Gasteiger partial charge in [-0.3, -0.25) is 9.29 Å². The highest BCUT2D eigenvalue weighted by Crippen LogP contribution is 2.38. The van der Waals surface area contributed by atoms with Crippen molar-refractivity contribution in [2.45, 2.75) is 31.1 Å². The lowest BCUT2D eigenvalue weighted by molar-refractivity contribution is 0.00820. The number of aliphatic hydroxyl groups excluding tert-OH is 1. The number of sulfonamides is 1. The quantitative estimate of drug-likeness (QED) is 0.398. The zero-order valence-electron chi connectivity index (χ0n) is 21.1. The molecule has 0 unspecified atom stereocenters. The molecule has 1 aliphatic rings. The Morgan fingerprint density at radius 3 is 2.30 bits per heavy atom. The monoisotopic (exact) mass is 533 g/mol. The van der Waals surface area contributed by atoms with E-state index in [0.29, 0.717) is 54.8 Å². The maximum absolute atomic E-state index is 13.4. The van der Waals surface area contributed by atoms with Crippen molar-refractivity contribution in [1.29, 1.82) is 0 Å². The maximum atomic E-state index is 13.4. The Morgan fingerprint density at radius 2 is 1.68 bits per heavy atom. The fraction of sp³-hybridized carbons (Fsp3) is 0.458. The summed E-state index contributed by atoms with van der Waals surface area (Å²) in [5.41, 5.74) is 0.744. The lowest BCUT2D eigenvalue weighted by Crippen LogP contribution is -2.42. The van der Waals surface area contributed by atoms with Gasteiger partial charge in [0.15, 0.2) is 5.82 Å². The van der Waals surface area contributed by atoms with Crippen molar-refractivity contribution in [1.82, 2.24) is 19.7 Å². The van der Waals surface area contributed by atoms with E-state index < -0.39 is 21.4 Å². The first-order valence-corrected chi connectivity index (χ1v) is 13.3. The number of nitrogens with one attached hydrogen (secondary N) is 1. The average Bonchev–Trinajstić information content (AvgIpc) is 3.34. The Hall–Kier alpha value is -3.42. The molecular formula is C24H31N5O7S. The Bertz CT molecular complexity index is 1300. The lowest BCUT2D eigenvalue weighted by atomic mass is 9.92. The SMILES string of the molecule is COc1cccc(-c2nnc(NS(=O)(=O)[C@H](C)[C@@H](O)C3CCOCC3)n2-c2c(OC)cccc2OC)n1. The van der Waals surface area contributed by atoms with Gasteiger partial charge in [-0.25, -0.2) is 13.4 Å². The van der Waals surface area contributed by atoms with Gasteiger partial charge in [0.25, 0.3) is 0 Å². The van der Waals surface area contributed by atoms with Crippen molar-refractivity contribution in [2.24, 2.45) is 5.92 Å². The largest absolute Gasteiger partial charge is 0.494 e. The van der Waals surface area contributed by atoms with E-state index in [1.807, 2.05) is 0 Å². The summed E-state index contributed by atoms with van der Waals surface area (Å²) in [5, 5.41) is 18.1. The maximum Gasteiger partial charge on any atom is 0.243 e. The Labute approximate surface area is 215 Å². The minimum absolute atomic E-state index is 0.117. The van der Waals surface area contributed by atoms with Gasteiger partial charge in [0.05, 0.1) is 27.4 Å². The average molecular weight is 534 g/mol. The second-order valence-electron chi connectivity index (χ2n) is 8.55. The number of nitrogens with zero attached hydrogens (tertiary/aromatic N) is 4. The molecule has 0 spiro atoms. The normalized spacial score (nSPS) is 16.1. The highest BCUT2D eigenvalue weighted by atomic mass is 32.2. The van der Waals surface area contributed by atoms with E-state index in [0.717, 1.165) is 0 Å². The van der Waals surface area contributed by atoms with Crippen LogP contribution in [0.15, 0.2) is 36.4 Å². The van der Waals surface area contributed by atoms with Crippen LogP contribution < -0.4 is 18.9 Å². The molecule has 1 aliphatic heterocycles. The van der Waals surface area contributed by atoms with Gasteiger partial charge in [0.1, 0.15) is 28.1 Å². The summed E-state index contributed by atoms with van der Waals surface area (Å²) in [5.74, 6) is 1.03. The zero-order chi connectivity index (χ0) is 26.6. The molecule has 200 valence electrons. The van der Waals surface area contributed by atoms with Crippen molar-refractivity contribution < 1.29 is 32.5 Å². The summed E-state index contributed by atoms with van der Waals surface area (Å²) in [4.78, 5) is 4.44. The molecule has 2 aromatic heterocycles. The Kier molecular flexibility index (Phi) is 8.15. The number of methoxy groups -OCH3 is 3. The van der Waals surface area contributed by atoms with Gasteiger partial charge in [-0.1, -0.05) is 12.1 Å². The van der Waals surface area contributed by atoms with Crippen molar-refractivity contribution in [2.75, 3.05) is 39.3 Å². The van der Waals surface area contributed by atoms with Gasteiger partial charge in [0.2, 0.25) is 21.9 Å². The fourth-order valence-corrected chi connectivity index (χ4v) is 5.44. The molecule has 2 atom stereocenters. The summed E-state index contributed by atoms with van der Waals surface area (Å²) in [7, 11) is 0.363. The second-order valence-corrected chi connectivity index (χ2v) is 10.6. The molecule has 3 heterocycles. The van der Waals surface area contributed by atoms with Crippen LogP contribution in [0.5, 0.6) is 17.4 Å². The number of ether oxygens (including phenoxy) is 4. The van der Waals surface area contributed by atoms with Crippen molar-refractivity contribution in [3.8, 4) is 34.6 Å². The molecule has 4 rings (SSSR count). The molecule has 1 saturated heterocycles. The van der Waals surface area contributed by atoms with E-state index in [-0.39, 0.29) is 17.7 Å². The molecule has 13 heteroatoms. The smallest absolute Gasteiger partial charge is 0.243 e. The lowest BCUT2D eigenvalue weighted by Gasteiger charge is -2.30. The number of pyridine rings is 1. The number of aromatic nitrogens is 4. The van der Waals surface area contributed by atoms with Crippen molar-refractivity contribution in [3.05, 3.63) is 36.4 Å². The van der Waals surface area contributed by atoms with Crippen LogP contribution in [0.1, 0.15) is 19.8 Å². The molecular weight excluding hydrogens is 502 g/mol. The molecule has 0 saturated carbocycles. The molecule has 2 N–H and O–H groups in total. The summed E-state index contributed by atoms with van der Waals surface area (Å²) in [6, 6.07) is 10.3. The van der Waals surface area contributed by atoms with E-state index in [4.69, 9.17) is 18.9 Å². The number of rotatable bonds is 10. The van der Waals surface area contributed by atoms with Crippen LogP contribution in [-0.2, 0) is 14.8 Å². The molecule has 37 heavy (non-hydrogen) atoms. The van der Waals surface area contributed by atoms with Gasteiger partial charge < -0.3 is 24.1 Å². The first kappa shape index (κ1) is 26.6. The minimum Gasteiger partial charge on any atom is -0.494 e. The summed E-state index contributed by atoms with van der Waals surface area (Å²) in [6.07, 6.45) is 0.0841. The molecule has 12 nitrogen and oxygen atoms in total. The number of aliphatic hydroxyl groups is 1. The van der Waals surface area contributed by atoms with Gasteiger partial charge in [0, 0.05) is 19.3 Å². The summed E-state index contributed by atoms with van der Waals surface area (Å²) in [6.45, 7) is 2.44. The van der Waals surface area contributed by atoms with Gasteiger partial charge in [-0.2, -0.15) is 0 Å². The van der Waals surface area contributed by atoms with E-state index in [2.05, 4.69) is 19.9 Å². The van der Waals surface area contributed by atoms with E-state index >= 15 is 0 Å². The summed E-state index contributed by atoms with van der Waals surface area (Å²) < 4.78 is 52.6. The van der Waals surface area contributed by atoms with Crippen LogP contribution in [-0.4, -0.2) is 79.2 Å². The van der Waals surface area contributed by atoms with Crippen LogP contribution in [0.25, 0.3) is 17.2 Å². The van der Waals surface area contributed by atoms with Crippen molar-refractivity contribution >= 4 is 16.0 Å². The molecule has 0 amide bonds. The highest BCUT2D eigenvalue weighted by Gasteiger charge is 2.36. The topological polar surface area (TPSA) is 147 Å². The standard InChI is InChI=1S/C24H31N5O7S/c1-15(22(30)16-11-13-36-14-12-16)37(31,32)28-24-27-26-23(17-7-5-10-20(25-17)35-4)29(24)21-18(33-2)8-6-9-19(21)34-3/h5-10,15-16,22,30H,11-14H2,1-4H3,(H,27,28)/t15-,22-/m1/s1. The first-order chi connectivity index (χ1) is 17.8. The molecule has 0 aliphatic carbocycles. The third kappa shape index (κ3) is 5.48. The molecule has 0 bridgehead atoms. The van der Waals surface area contributed by atoms with E-state index in [1.54, 1.807) is 36.4 Å². The van der Waals surface area contributed by atoms with Crippen LogP contribution >= 0.6 is 0 Å². The molecule has 0 radical (unpaired) electrons. The molecule has 3 aromatic rings. The Morgan fingerprint density at radius 1 is 1.03 bits per heavy atom. The van der Waals surface area contributed by atoms with Gasteiger partial charge in [-0.15, -0.1) is 10.2 Å². The van der Waals surface area contributed by atoms with Gasteiger partial charge in [-0.05, 0) is 43.9 Å². The van der Waals surface area contributed by atoms with Crippen LogP contribution in [0, 0.1) is 5.92 Å². The van der Waals surface area contributed by atoms with E-state index in [1.165, 1.54) is 32.8 Å². The number of hydrogen-bond acceptors (Lipinski definition) is 10. The van der Waals surface area contributed by atoms with Crippen molar-refractivity contribution in [3.63, 3.8) is 0 Å². The van der Waals surface area contributed by atoms with Crippen LogP contribution in [0.4, 0.5) is 5.95 Å². The molecule has 1 fully saturated rings. The number of hydrogen-bond donors (Lipinski definition) is 2. The first-order valence-electron chi connectivity index (χ1n) is 11.8. The highest BCUT2D eigenvalue weighted by molar-refractivity contribution is 7.93. The minimum atomic E-state index is -4.10. The number of anilines is 1. The fourth-order valence-electron chi connectivity index (χ4n) is 4.28. The predicted octanol–water partition coefficient (Wildman–Crippen LogP) is 2.27. The second kappa shape index (κ2) is 11.3. The van der Waals surface area contributed by atoms with Gasteiger partial charge >= 0.3 is 0 Å². The third-order valence-electron chi connectivity index (χ3n) is 6.40. The predicted molar refractivity (Wildman–Crippen MR) is 136 cm³/mol. The van der Waals surface area contributed by atoms with Crippen LogP contribution in [0.3, 0.4) is 0 Å². The van der Waals surface area contributed by atoms with E-state index in [9.17, 15) is 13.5 Å².